The van der Waals surface area contributed by atoms with Crippen molar-refractivity contribution in [3.05, 3.63) is 35.9 Å². The Balaban J connectivity index is 1.96. The van der Waals surface area contributed by atoms with Crippen molar-refractivity contribution in [2.24, 2.45) is 11.7 Å². The van der Waals surface area contributed by atoms with Crippen molar-refractivity contribution in [2.45, 2.75) is 32.7 Å². The molecular formula is C18H27N3O2. The molecule has 1 heterocycles. The average Bonchev–Trinajstić information content (AvgIpc) is 2.52. The Kier molecular flexibility index (Phi) is 6.59. The second-order valence-corrected chi connectivity index (χ2v) is 6.50. The van der Waals surface area contributed by atoms with E-state index in [1.807, 2.05) is 30.3 Å². The first-order chi connectivity index (χ1) is 11.0. The normalized spacial score (nSPS) is 18.6. The van der Waals surface area contributed by atoms with E-state index in [9.17, 15) is 9.59 Å². The van der Waals surface area contributed by atoms with E-state index in [1.165, 1.54) is 6.42 Å². The van der Waals surface area contributed by atoms with Gasteiger partial charge in [0.05, 0.1) is 6.54 Å². The van der Waals surface area contributed by atoms with Crippen molar-refractivity contribution in [1.82, 2.24) is 9.80 Å². The van der Waals surface area contributed by atoms with Gasteiger partial charge in [-0.2, -0.15) is 0 Å². The smallest absolute Gasteiger partial charge is 0.237 e. The van der Waals surface area contributed by atoms with Crippen LogP contribution in [0.4, 0.5) is 0 Å². The van der Waals surface area contributed by atoms with Crippen LogP contribution < -0.4 is 5.73 Å². The molecule has 1 saturated heterocycles. The molecule has 0 bridgehead atoms. The Labute approximate surface area is 138 Å². The van der Waals surface area contributed by atoms with Crippen molar-refractivity contribution in [1.29, 1.82) is 0 Å². The predicted octanol–water partition coefficient (Wildman–Crippen LogP) is 1.62. The monoisotopic (exact) mass is 317 g/mol. The quantitative estimate of drug-likeness (QED) is 0.831. The van der Waals surface area contributed by atoms with Crippen LogP contribution in [0.15, 0.2) is 30.3 Å². The van der Waals surface area contributed by atoms with Gasteiger partial charge in [0.25, 0.3) is 0 Å². The molecule has 0 spiro atoms. The number of amides is 2. The van der Waals surface area contributed by atoms with Crippen LogP contribution in [0.5, 0.6) is 0 Å². The lowest BCUT2D eigenvalue weighted by Crippen LogP contribution is -2.44. The van der Waals surface area contributed by atoms with Gasteiger partial charge in [-0.05, 0) is 30.9 Å². The molecule has 0 saturated carbocycles. The van der Waals surface area contributed by atoms with Crippen LogP contribution in [-0.4, -0.2) is 47.8 Å². The summed E-state index contributed by atoms with van der Waals surface area (Å²) in [7, 11) is 0. The summed E-state index contributed by atoms with van der Waals surface area (Å²) in [5.41, 5.74) is 6.32. The van der Waals surface area contributed by atoms with E-state index < -0.39 is 0 Å². The molecule has 0 unspecified atom stereocenters. The molecule has 1 aromatic rings. The zero-order valence-corrected chi connectivity index (χ0v) is 13.9. The third-order valence-corrected chi connectivity index (χ3v) is 4.30. The Bertz CT molecular complexity index is 518. The number of hydrogen-bond donors (Lipinski definition) is 1. The second kappa shape index (κ2) is 8.67. The summed E-state index contributed by atoms with van der Waals surface area (Å²) in [6.07, 6.45) is 2.59. The number of nitrogens with zero attached hydrogens (tertiary/aromatic N) is 2. The Morgan fingerprint density at radius 3 is 2.70 bits per heavy atom. The van der Waals surface area contributed by atoms with Gasteiger partial charge in [0.15, 0.2) is 0 Å². The SMILES string of the molecule is C[C@@H]1CCCN(CC(=O)N(CCC(N)=O)Cc2ccccc2)C1. The average molecular weight is 317 g/mol. The van der Waals surface area contributed by atoms with Crippen molar-refractivity contribution in [3.8, 4) is 0 Å². The van der Waals surface area contributed by atoms with Gasteiger partial charge in [0.1, 0.15) is 0 Å². The molecule has 5 heteroatoms. The summed E-state index contributed by atoms with van der Waals surface area (Å²) in [6, 6.07) is 9.85. The zero-order chi connectivity index (χ0) is 16.7. The van der Waals surface area contributed by atoms with Crippen molar-refractivity contribution >= 4 is 11.8 Å². The van der Waals surface area contributed by atoms with E-state index in [0.717, 1.165) is 25.1 Å². The number of carbonyl (C=O) groups is 2. The van der Waals surface area contributed by atoms with E-state index in [2.05, 4.69) is 11.8 Å². The van der Waals surface area contributed by atoms with Crippen LogP contribution in [0, 0.1) is 5.92 Å². The molecule has 5 nitrogen and oxygen atoms in total. The fourth-order valence-corrected chi connectivity index (χ4v) is 3.06. The molecule has 126 valence electrons. The van der Waals surface area contributed by atoms with Crippen LogP contribution >= 0.6 is 0 Å². The molecule has 1 aliphatic heterocycles. The lowest BCUT2D eigenvalue weighted by atomic mass is 10.0. The minimum Gasteiger partial charge on any atom is -0.370 e. The van der Waals surface area contributed by atoms with Crippen LogP contribution in [-0.2, 0) is 16.1 Å². The molecule has 0 radical (unpaired) electrons. The van der Waals surface area contributed by atoms with Crippen molar-refractivity contribution in [2.75, 3.05) is 26.2 Å². The summed E-state index contributed by atoms with van der Waals surface area (Å²) in [5.74, 6) is 0.344. The maximum Gasteiger partial charge on any atom is 0.237 e. The molecule has 1 aliphatic rings. The standard InChI is InChI=1S/C18H27N3O2/c1-15-6-5-10-20(12-15)14-18(23)21(11-9-17(19)22)13-16-7-3-2-4-8-16/h2-4,7-8,15H,5-6,9-14H2,1H3,(H2,19,22)/t15-/m1/s1. The zero-order valence-electron chi connectivity index (χ0n) is 13.9. The maximum atomic E-state index is 12.7. The third kappa shape index (κ3) is 6.02. The molecular weight excluding hydrogens is 290 g/mol. The Morgan fingerprint density at radius 1 is 1.30 bits per heavy atom. The number of primary amides is 1. The van der Waals surface area contributed by atoms with Crippen LogP contribution in [0.25, 0.3) is 0 Å². The topological polar surface area (TPSA) is 66.6 Å². The van der Waals surface area contributed by atoms with Gasteiger partial charge in [-0.1, -0.05) is 37.3 Å². The summed E-state index contributed by atoms with van der Waals surface area (Å²) >= 11 is 0. The second-order valence-electron chi connectivity index (χ2n) is 6.50. The Hall–Kier alpha value is -1.88. The number of benzene rings is 1. The fourth-order valence-electron chi connectivity index (χ4n) is 3.06. The first-order valence-corrected chi connectivity index (χ1v) is 8.37. The van der Waals surface area contributed by atoms with Crippen molar-refractivity contribution < 1.29 is 9.59 Å². The molecule has 1 fully saturated rings. The highest BCUT2D eigenvalue weighted by Crippen LogP contribution is 2.15. The van der Waals surface area contributed by atoms with E-state index in [4.69, 9.17) is 5.73 Å². The number of piperidine rings is 1. The highest BCUT2D eigenvalue weighted by Gasteiger charge is 2.22. The van der Waals surface area contributed by atoms with E-state index in [1.54, 1.807) is 4.90 Å². The van der Waals surface area contributed by atoms with Crippen molar-refractivity contribution in [3.63, 3.8) is 0 Å². The van der Waals surface area contributed by atoms with Gasteiger partial charge in [-0.3, -0.25) is 14.5 Å². The number of hydrogen-bond acceptors (Lipinski definition) is 3. The van der Waals surface area contributed by atoms with Crippen LogP contribution in [0.1, 0.15) is 31.7 Å². The summed E-state index contributed by atoms with van der Waals surface area (Å²) in [4.78, 5) is 27.7. The number of likely N-dealkylation sites (tertiary alicyclic amines) is 1. The van der Waals surface area contributed by atoms with Gasteiger partial charge in [-0.25, -0.2) is 0 Å². The van der Waals surface area contributed by atoms with Crippen LogP contribution in [0.3, 0.4) is 0 Å². The maximum absolute atomic E-state index is 12.7. The minimum absolute atomic E-state index is 0.0733. The number of rotatable bonds is 7. The van der Waals surface area contributed by atoms with Crippen LogP contribution in [0.2, 0.25) is 0 Å². The summed E-state index contributed by atoms with van der Waals surface area (Å²) < 4.78 is 0. The first-order valence-electron chi connectivity index (χ1n) is 8.37. The van der Waals surface area contributed by atoms with Gasteiger partial charge < -0.3 is 10.6 Å². The Morgan fingerprint density at radius 2 is 2.04 bits per heavy atom. The minimum atomic E-state index is -0.373. The van der Waals surface area contributed by atoms with Gasteiger partial charge in [0.2, 0.25) is 11.8 Å². The molecule has 0 aliphatic carbocycles. The fraction of sp³-hybridized carbons (Fsp3) is 0.556. The van der Waals surface area contributed by atoms with Gasteiger partial charge >= 0.3 is 0 Å². The van der Waals surface area contributed by atoms with E-state index >= 15 is 0 Å². The molecule has 2 amide bonds. The largest absolute Gasteiger partial charge is 0.370 e. The first kappa shape index (κ1) is 17.5. The molecule has 0 aromatic heterocycles. The molecule has 23 heavy (non-hydrogen) atoms. The van der Waals surface area contributed by atoms with Gasteiger partial charge in [-0.15, -0.1) is 0 Å². The molecule has 2 rings (SSSR count). The van der Waals surface area contributed by atoms with Gasteiger partial charge in [0, 0.05) is 26.1 Å². The highest BCUT2D eigenvalue weighted by molar-refractivity contribution is 5.79. The molecule has 1 atom stereocenters. The van der Waals surface area contributed by atoms with E-state index in [0.29, 0.717) is 25.6 Å². The lowest BCUT2D eigenvalue weighted by molar-refractivity contribution is -0.134. The molecule has 2 N–H and O–H groups in total. The lowest BCUT2D eigenvalue weighted by Gasteiger charge is -2.32. The molecule has 1 aromatic carbocycles. The van der Waals surface area contributed by atoms with E-state index in [-0.39, 0.29) is 18.2 Å². The predicted molar refractivity (Wildman–Crippen MR) is 90.5 cm³/mol. The summed E-state index contributed by atoms with van der Waals surface area (Å²) in [6.45, 7) is 5.51. The number of carbonyl (C=O) groups excluding carboxylic acids is 2. The third-order valence-electron chi connectivity index (χ3n) is 4.30. The number of nitrogens with two attached hydrogens (primary N) is 1. The highest BCUT2D eigenvalue weighted by atomic mass is 16.2. The summed E-state index contributed by atoms with van der Waals surface area (Å²) in [5, 5.41) is 0.